The molecule has 1 aliphatic heterocycles. The number of fused-ring (bicyclic) bond motifs is 2. The molecule has 0 aromatic carbocycles. The van der Waals surface area contributed by atoms with Gasteiger partial charge in [0.2, 0.25) is 0 Å². The molecular formula is C17H16N6O3. The molecule has 0 N–H and O–H groups in total. The third-order valence-corrected chi connectivity index (χ3v) is 3.72. The zero-order chi connectivity index (χ0) is 18.5. The van der Waals surface area contributed by atoms with E-state index < -0.39 is 5.97 Å². The molecule has 3 rings (SSSR count). The van der Waals surface area contributed by atoms with Crippen LogP contribution in [0.4, 0.5) is 0 Å². The van der Waals surface area contributed by atoms with E-state index in [4.69, 9.17) is 9.47 Å². The van der Waals surface area contributed by atoms with Gasteiger partial charge in [-0.2, -0.15) is 5.26 Å². The van der Waals surface area contributed by atoms with Crippen LogP contribution in [0.2, 0.25) is 0 Å². The minimum Gasteiger partial charge on any atom is -0.497 e. The van der Waals surface area contributed by atoms with Crippen molar-refractivity contribution in [2.75, 3.05) is 13.7 Å². The van der Waals surface area contributed by atoms with Gasteiger partial charge in [-0.3, -0.25) is 0 Å². The van der Waals surface area contributed by atoms with E-state index in [-0.39, 0.29) is 24.4 Å². The van der Waals surface area contributed by atoms with Crippen molar-refractivity contribution in [3.05, 3.63) is 53.1 Å². The number of imidazole rings is 1. The van der Waals surface area contributed by atoms with Crippen molar-refractivity contribution in [1.29, 1.82) is 5.26 Å². The van der Waals surface area contributed by atoms with Crippen molar-refractivity contribution in [1.82, 2.24) is 24.5 Å². The Morgan fingerprint density at radius 1 is 1.38 bits per heavy atom. The van der Waals surface area contributed by atoms with E-state index in [0.29, 0.717) is 17.1 Å². The van der Waals surface area contributed by atoms with Crippen LogP contribution in [0.1, 0.15) is 34.5 Å². The van der Waals surface area contributed by atoms with Gasteiger partial charge in [-0.1, -0.05) is 5.21 Å². The van der Waals surface area contributed by atoms with Crippen LogP contribution in [-0.2, 0) is 15.9 Å². The van der Waals surface area contributed by atoms with Crippen molar-refractivity contribution in [2.45, 2.75) is 13.3 Å². The number of methoxy groups -OCH3 is 1. The van der Waals surface area contributed by atoms with Crippen LogP contribution in [0.15, 0.2) is 30.3 Å². The highest BCUT2D eigenvalue weighted by atomic mass is 16.5. The van der Waals surface area contributed by atoms with Gasteiger partial charge in [0.05, 0.1) is 25.1 Å². The van der Waals surface area contributed by atoms with Crippen LogP contribution in [0, 0.1) is 11.3 Å². The molecule has 3 heterocycles. The van der Waals surface area contributed by atoms with Gasteiger partial charge >= 0.3 is 5.97 Å². The van der Waals surface area contributed by atoms with E-state index in [0.717, 1.165) is 0 Å². The molecule has 0 saturated carbocycles. The molecule has 0 atom stereocenters. The molecule has 26 heavy (non-hydrogen) atoms. The fraction of sp³-hybridized carbons (Fsp3) is 0.235. The molecule has 0 saturated heterocycles. The van der Waals surface area contributed by atoms with E-state index in [1.54, 1.807) is 49.2 Å². The van der Waals surface area contributed by atoms with Crippen molar-refractivity contribution >= 4 is 18.4 Å². The van der Waals surface area contributed by atoms with Crippen LogP contribution < -0.4 is 0 Å². The van der Waals surface area contributed by atoms with Gasteiger partial charge in [0.1, 0.15) is 18.2 Å². The largest absolute Gasteiger partial charge is 0.497 e. The number of nitriles is 1. The first-order valence-corrected chi connectivity index (χ1v) is 7.85. The Labute approximate surface area is 149 Å². The Hall–Kier alpha value is -3.67. The second-order valence-corrected chi connectivity index (χ2v) is 5.22. The van der Waals surface area contributed by atoms with Gasteiger partial charge in [0.15, 0.2) is 11.4 Å². The molecule has 9 heteroatoms. The first-order valence-electron chi connectivity index (χ1n) is 7.85. The Kier molecular flexibility index (Phi) is 4.94. The third-order valence-electron chi connectivity index (χ3n) is 3.72. The molecule has 132 valence electrons. The van der Waals surface area contributed by atoms with Crippen LogP contribution in [0.5, 0.6) is 0 Å². The number of hydrogen-bond acceptors (Lipinski definition) is 7. The van der Waals surface area contributed by atoms with Crippen LogP contribution in [0.25, 0.3) is 12.4 Å². The predicted molar refractivity (Wildman–Crippen MR) is 91.5 cm³/mol. The minimum atomic E-state index is -0.570. The van der Waals surface area contributed by atoms with Gasteiger partial charge in [-0.05, 0) is 25.2 Å². The molecule has 2 aromatic rings. The zero-order valence-electron chi connectivity index (χ0n) is 14.3. The Bertz CT molecular complexity index is 958. The van der Waals surface area contributed by atoms with Gasteiger partial charge in [-0.15, -0.1) is 5.10 Å². The predicted octanol–water partition coefficient (Wildman–Crippen LogP) is 1.60. The van der Waals surface area contributed by atoms with Crippen LogP contribution >= 0.6 is 0 Å². The minimum absolute atomic E-state index is 0.0966. The monoisotopic (exact) mass is 352 g/mol. The number of nitrogens with zero attached hydrogens (tertiary/aromatic N) is 6. The van der Waals surface area contributed by atoms with Gasteiger partial charge < -0.3 is 14.0 Å². The number of carbonyl (C=O) groups is 1. The lowest BCUT2D eigenvalue weighted by Crippen LogP contribution is -2.11. The first kappa shape index (κ1) is 17.2. The molecule has 0 radical (unpaired) electrons. The van der Waals surface area contributed by atoms with Crippen molar-refractivity contribution in [3.8, 4) is 6.07 Å². The van der Waals surface area contributed by atoms with Gasteiger partial charge in [0.25, 0.3) is 0 Å². The fourth-order valence-electron chi connectivity index (χ4n) is 2.46. The van der Waals surface area contributed by atoms with Crippen LogP contribution in [0.3, 0.4) is 0 Å². The van der Waals surface area contributed by atoms with E-state index in [9.17, 15) is 10.1 Å². The quantitative estimate of drug-likeness (QED) is 0.772. The molecule has 0 amide bonds. The molecule has 2 aromatic heterocycles. The average molecular weight is 352 g/mol. The summed E-state index contributed by atoms with van der Waals surface area (Å²) < 4.78 is 13.5. The summed E-state index contributed by atoms with van der Waals surface area (Å²) in [5, 5.41) is 17.3. The summed E-state index contributed by atoms with van der Waals surface area (Å²) in [6.45, 7) is 1.94. The first-order chi connectivity index (χ1) is 12.7. The Morgan fingerprint density at radius 2 is 2.23 bits per heavy atom. The maximum atomic E-state index is 12.2. The number of ether oxygens (including phenoxy) is 2. The van der Waals surface area contributed by atoms with E-state index in [1.165, 1.54) is 11.0 Å². The maximum absolute atomic E-state index is 12.2. The van der Waals surface area contributed by atoms with E-state index in [1.807, 2.05) is 0 Å². The Morgan fingerprint density at radius 3 is 2.96 bits per heavy atom. The van der Waals surface area contributed by atoms with Gasteiger partial charge in [0, 0.05) is 18.8 Å². The molecule has 0 aliphatic carbocycles. The zero-order valence-corrected chi connectivity index (χ0v) is 14.3. The molecule has 0 spiro atoms. The second-order valence-electron chi connectivity index (χ2n) is 5.22. The standard InChI is InChI=1S/C17H16N6O3/c1-3-26-17(24)16-15-9-14-13(10-18)19-11-22(14)7-4-5-12(25-2)6-8-23(15)21-20-16/h4-8,11H,3,9H2,1-2H3/b7-4+,8-6+,12-5+. The number of allylic oxidation sites excluding steroid dienone is 3. The summed E-state index contributed by atoms with van der Waals surface area (Å²) in [5.41, 5.74) is 1.46. The smallest absolute Gasteiger partial charge is 0.360 e. The summed E-state index contributed by atoms with van der Waals surface area (Å²) in [7, 11) is 1.55. The lowest BCUT2D eigenvalue weighted by Gasteiger charge is -2.06. The van der Waals surface area contributed by atoms with E-state index in [2.05, 4.69) is 21.4 Å². The summed E-state index contributed by atoms with van der Waals surface area (Å²) >= 11 is 0. The number of hydrogen-bond donors (Lipinski definition) is 0. The lowest BCUT2D eigenvalue weighted by molar-refractivity contribution is 0.0518. The van der Waals surface area contributed by atoms with Crippen molar-refractivity contribution in [2.24, 2.45) is 0 Å². The second kappa shape index (κ2) is 7.48. The highest BCUT2D eigenvalue weighted by Crippen LogP contribution is 2.18. The topological polar surface area (TPSA) is 108 Å². The number of esters is 1. The molecular weight excluding hydrogens is 336 g/mol. The molecule has 9 nitrogen and oxygen atoms in total. The molecule has 0 bridgehead atoms. The Balaban J connectivity index is 2.18. The fourth-order valence-corrected chi connectivity index (χ4v) is 2.46. The normalized spacial score (nSPS) is 17.5. The van der Waals surface area contributed by atoms with Crippen molar-refractivity contribution < 1.29 is 14.3 Å². The van der Waals surface area contributed by atoms with Crippen molar-refractivity contribution in [3.63, 3.8) is 0 Å². The molecule has 0 fully saturated rings. The molecule has 1 aliphatic rings. The lowest BCUT2D eigenvalue weighted by atomic mass is 10.1. The number of aromatic nitrogens is 5. The summed E-state index contributed by atoms with van der Waals surface area (Å²) in [4.78, 5) is 16.3. The molecule has 0 unspecified atom stereocenters. The van der Waals surface area contributed by atoms with Crippen LogP contribution in [-0.4, -0.2) is 44.2 Å². The third kappa shape index (κ3) is 3.25. The summed E-state index contributed by atoms with van der Waals surface area (Å²) in [5.74, 6) is 0.00380. The number of carbonyl (C=O) groups excluding carboxylic acids is 1. The number of rotatable bonds is 3. The summed E-state index contributed by atoms with van der Waals surface area (Å²) in [6, 6.07) is 2.06. The highest BCUT2D eigenvalue weighted by molar-refractivity contribution is 5.88. The van der Waals surface area contributed by atoms with Gasteiger partial charge in [-0.25, -0.2) is 14.5 Å². The maximum Gasteiger partial charge on any atom is 0.360 e. The average Bonchev–Trinajstić information content (AvgIpc) is 3.22. The summed E-state index contributed by atoms with van der Waals surface area (Å²) in [6.07, 6.45) is 10.4. The highest BCUT2D eigenvalue weighted by Gasteiger charge is 2.23. The van der Waals surface area contributed by atoms with E-state index >= 15 is 0 Å². The SMILES string of the molecule is CCOC(=O)c1nnn2c1Cc1c(C#N)ncn1/C=C/C=C(OC)\C=C\2.